The van der Waals surface area contributed by atoms with Crippen LogP contribution < -0.4 is 5.43 Å². The van der Waals surface area contributed by atoms with E-state index in [0.29, 0.717) is 4.88 Å². The highest BCUT2D eigenvalue weighted by Gasteiger charge is 2.09. The molecule has 0 aliphatic rings. The minimum absolute atomic E-state index is 0.192. The van der Waals surface area contributed by atoms with E-state index in [1.54, 1.807) is 6.07 Å². The summed E-state index contributed by atoms with van der Waals surface area (Å²) in [5.41, 5.74) is 4.18. The van der Waals surface area contributed by atoms with E-state index in [2.05, 4.69) is 10.5 Å². The molecule has 5 heteroatoms. The van der Waals surface area contributed by atoms with Gasteiger partial charge in [-0.2, -0.15) is 5.10 Å². The summed E-state index contributed by atoms with van der Waals surface area (Å²) >= 11 is 1.39. The fourth-order valence-electron chi connectivity index (χ4n) is 1.65. The molecule has 0 spiro atoms. The van der Waals surface area contributed by atoms with Crippen molar-refractivity contribution in [1.29, 1.82) is 0 Å². The smallest absolute Gasteiger partial charge is 0.281 e. The van der Waals surface area contributed by atoms with Gasteiger partial charge in [-0.05, 0) is 38.3 Å². The summed E-state index contributed by atoms with van der Waals surface area (Å²) in [5.74, 6) is 1.45. The van der Waals surface area contributed by atoms with Crippen LogP contribution in [0, 0.1) is 13.8 Å². The number of rotatable bonds is 3. The Morgan fingerprint density at radius 2 is 2.22 bits per heavy atom. The quantitative estimate of drug-likeness (QED) is 0.682. The molecule has 18 heavy (non-hydrogen) atoms. The van der Waals surface area contributed by atoms with Crippen LogP contribution in [0.1, 0.15) is 33.7 Å². The molecule has 0 saturated heterocycles. The first-order chi connectivity index (χ1) is 8.58. The number of furan rings is 1. The molecule has 0 bridgehead atoms. The summed E-state index contributed by atoms with van der Waals surface area (Å²) in [7, 11) is 0. The monoisotopic (exact) mass is 262 g/mol. The largest absolute Gasteiger partial charge is 0.466 e. The average Bonchev–Trinajstić information content (AvgIpc) is 2.95. The molecule has 0 unspecified atom stereocenters. The third-order valence-corrected chi connectivity index (χ3v) is 3.37. The van der Waals surface area contributed by atoms with Crippen LogP contribution in [0.15, 0.2) is 33.1 Å². The summed E-state index contributed by atoms with van der Waals surface area (Å²) in [6.07, 6.45) is 0. The predicted molar refractivity (Wildman–Crippen MR) is 72.2 cm³/mol. The second-order valence-corrected chi connectivity index (χ2v) is 4.89. The van der Waals surface area contributed by atoms with E-state index < -0.39 is 0 Å². The summed E-state index contributed by atoms with van der Waals surface area (Å²) in [5, 5.41) is 5.94. The van der Waals surface area contributed by atoms with Gasteiger partial charge in [-0.25, -0.2) is 5.43 Å². The zero-order valence-electron chi connectivity index (χ0n) is 10.5. The number of carbonyl (C=O) groups excluding carboxylic acids is 1. The third-order valence-electron chi connectivity index (χ3n) is 2.50. The second kappa shape index (κ2) is 5.18. The maximum Gasteiger partial charge on any atom is 0.281 e. The van der Waals surface area contributed by atoms with E-state index in [9.17, 15) is 4.79 Å². The lowest BCUT2D eigenvalue weighted by Crippen LogP contribution is -2.18. The fourth-order valence-corrected chi connectivity index (χ4v) is 2.26. The standard InChI is InChI=1S/C13H14N2O2S/c1-8-7-11(10(3)17-8)9(2)14-15-13(16)12-5-4-6-18-12/h4-7H,1-3H3,(H,15,16)/b14-9+. The van der Waals surface area contributed by atoms with Gasteiger partial charge in [0.2, 0.25) is 0 Å². The van der Waals surface area contributed by atoms with E-state index in [1.165, 1.54) is 11.3 Å². The molecular formula is C13H14N2O2S. The molecule has 0 radical (unpaired) electrons. The molecule has 94 valence electrons. The number of hydrogen-bond donors (Lipinski definition) is 1. The maximum atomic E-state index is 11.7. The van der Waals surface area contributed by atoms with Crippen molar-refractivity contribution in [3.63, 3.8) is 0 Å². The molecule has 0 saturated carbocycles. The molecule has 2 rings (SSSR count). The van der Waals surface area contributed by atoms with Crippen molar-refractivity contribution in [2.75, 3.05) is 0 Å². The number of thiophene rings is 1. The second-order valence-electron chi connectivity index (χ2n) is 3.94. The van der Waals surface area contributed by atoms with Crippen molar-refractivity contribution in [2.24, 2.45) is 5.10 Å². The molecule has 2 heterocycles. The van der Waals surface area contributed by atoms with Crippen molar-refractivity contribution in [1.82, 2.24) is 5.43 Å². The van der Waals surface area contributed by atoms with Gasteiger partial charge >= 0.3 is 0 Å². The van der Waals surface area contributed by atoms with Gasteiger partial charge in [0.1, 0.15) is 11.5 Å². The van der Waals surface area contributed by atoms with Crippen LogP contribution in [-0.2, 0) is 0 Å². The van der Waals surface area contributed by atoms with E-state index in [-0.39, 0.29) is 5.91 Å². The molecular weight excluding hydrogens is 248 g/mol. The van der Waals surface area contributed by atoms with Gasteiger partial charge in [0.25, 0.3) is 5.91 Å². The zero-order chi connectivity index (χ0) is 13.1. The number of hydrazone groups is 1. The van der Waals surface area contributed by atoms with Crippen molar-refractivity contribution >= 4 is 23.0 Å². The van der Waals surface area contributed by atoms with E-state index in [1.807, 2.05) is 38.3 Å². The van der Waals surface area contributed by atoms with Crippen molar-refractivity contribution in [2.45, 2.75) is 20.8 Å². The number of nitrogens with zero attached hydrogens (tertiary/aromatic N) is 1. The van der Waals surface area contributed by atoms with Crippen LogP contribution in [0.3, 0.4) is 0 Å². The van der Waals surface area contributed by atoms with Gasteiger partial charge in [-0.3, -0.25) is 4.79 Å². The van der Waals surface area contributed by atoms with Crippen LogP contribution in [0.2, 0.25) is 0 Å². The Morgan fingerprint density at radius 1 is 1.44 bits per heavy atom. The van der Waals surface area contributed by atoms with Crippen LogP contribution in [-0.4, -0.2) is 11.6 Å². The normalized spacial score (nSPS) is 11.6. The fraction of sp³-hybridized carbons (Fsp3) is 0.231. The van der Waals surface area contributed by atoms with Crippen molar-refractivity contribution in [3.8, 4) is 0 Å². The molecule has 0 aliphatic carbocycles. The first-order valence-corrected chi connectivity index (χ1v) is 6.41. The average molecular weight is 262 g/mol. The lowest BCUT2D eigenvalue weighted by molar-refractivity contribution is 0.0959. The summed E-state index contributed by atoms with van der Waals surface area (Å²) in [4.78, 5) is 12.3. The highest BCUT2D eigenvalue weighted by atomic mass is 32.1. The molecule has 1 N–H and O–H groups in total. The van der Waals surface area contributed by atoms with Crippen LogP contribution in [0.4, 0.5) is 0 Å². The first-order valence-electron chi connectivity index (χ1n) is 5.53. The number of aryl methyl sites for hydroxylation is 2. The molecule has 1 amide bonds. The Labute approximate surface area is 109 Å². The van der Waals surface area contributed by atoms with Crippen LogP contribution in [0.5, 0.6) is 0 Å². The van der Waals surface area contributed by atoms with Crippen molar-refractivity contribution < 1.29 is 9.21 Å². The number of amides is 1. The Morgan fingerprint density at radius 3 is 2.78 bits per heavy atom. The molecule has 4 nitrogen and oxygen atoms in total. The summed E-state index contributed by atoms with van der Waals surface area (Å²) in [6.45, 7) is 5.60. The Balaban J connectivity index is 2.10. The van der Waals surface area contributed by atoms with Gasteiger partial charge in [-0.15, -0.1) is 11.3 Å². The lowest BCUT2D eigenvalue weighted by atomic mass is 10.2. The summed E-state index contributed by atoms with van der Waals surface area (Å²) in [6, 6.07) is 5.50. The minimum atomic E-state index is -0.192. The predicted octanol–water partition coefficient (Wildman–Crippen LogP) is 3.11. The van der Waals surface area contributed by atoms with E-state index in [0.717, 1.165) is 22.8 Å². The Bertz CT molecular complexity index is 582. The van der Waals surface area contributed by atoms with Gasteiger partial charge in [0, 0.05) is 5.56 Å². The molecule has 0 atom stereocenters. The maximum absolute atomic E-state index is 11.7. The van der Waals surface area contributed by atoms with E-state index in [4.69, 9.17) is 4.42 Å². The highest BCUT2D eigenvalue weighted by Crippen LogP contribution is 2.14. The topological polar surface area (TPSA) is 54.6 Å². The lowest BCUT2D eigenvalue weighted by Gasteiger charge is -2.00. The number of nitrogens with one attached hydrogen (secondary N) is 1. The van der Waals surface area contributed by atoms with E-state index >= 15 is 0 Å². The molecule has 0 fully saturated rings. The first kappa shape index (κ1) is 12.6. The number of hydrogen-bond acceptors (Lipinski definition) is 4. The van der Waals surface area contributed by atoms with Gasteiger partial charge in [0.15, 0.2) is 0 Å². The van der Waals surface area contributed by atoms with Gasteiger partial charge in [-0.1, -0.05) is 6.07 Å². The molecule has 2 aromatic heterocycles. The zero-order valence-corrected chi connectivity index (χ0v) is 11.3. The Kier molecular flexibility index (Phi) is 3.62. The van der Waals surface area contributed by atoms with Gasteiger partial charge in [0.05, 0.1) is 10.6 Å². The third kappa shape index (κ3) is 2.68. The summed E-state index contributed by atoms with van der Waals surface area (Å²) < 4.78 is 5.42. The van der Waals surface area contributed by atoms with Crippen LogP contribution in [0.25, 0.3) is 0 Å². The van der Waals surface area contributed by atoms with Crippen LogP contribution >= 0.6 is 11.3 Å². The van der Waals surface area contributed by atoms with Crippen molar-refractivity contribution in [3.05, 3.63) is 45.5 Å². The SMILES string of the molecule is C/C(=N\NC(=O)c1cccs1)c1cc(C)oc1C. The highest BCUT2D eigenvalue weighted by molar-refractivity contribution is 7.12. The number of carbonyl (C=O) groups is 1. The minimum Gasteiger partial charge on any atom is -0.466 e. The molecule has 0 aliphatic heterocycles. The van der Waals surface area contributed by atoms with Gasteiger partial charge < -0.3 is 4.42 Å². The molecule has 0 aromatic carbocycles. The Hall–Kier alpha value is -1.88. The molecule has 2 aromatic rings.